The average molecular weight is 471 g/mol. The molecule has 5 nitrogen and oxygen atoms in total. The van der Waals surface area contributed by atoms with Crippen LogP contribution >= 0.6 is 0 Å². The highest BCUT2D eigenvalue weighted by molar-refractivity contribution is 5.94. The molecule has 5 heteroatoms. The number of hydrazone groups is 1. The Balaban J connectivity index is 1.48. The quantitative estimate of drug-likeness (QED) is 0.225. The highest BCUT2D eigenvalue weighted by Gasteiger charge is 2.17. The van der Waals surface area contributed by atoms with Crippen LogP contribution in [0.15, 0.2) is 114 Å². The molecular weight excluding hydrogens is 444 g/mol. The molecule has 0 radical (unpaired) electrons. The van der Waals surface area contributed by atoms with E-state index in [0.717, 1.165) is 44.8 Å². The molecule has 176 valence electrons. The van der Waals surface area contributed by atoms with Gasteiger partial charge in [-0.15, -0.1) is 0 Å². The number of benzene rings is 4. The van der Waals surface area contributed by atoms with Gasteiger partial charge < -0.3 is 0 Å². The third-order valence-corrected chi connectivity index (χ3v) is 6.13. The van der Waals surface area contributed by atoms with E-state index in [-0.39, 0.29) is 5.91 Å². The first kappa shape index (κ1) is 23.0. The van der Waals surface area contributed by atoms with Gasteiger partial charge in [0, 0.05) is 5.56 Å². The SMILES string of the molecule is Cc1ccccc1/C=N\NC(=O)c1cc(-c2ccc(-c3ccccc3)cc2)n(-c2ccccc2C)n1. The van der Waals surface area contributed by atoms with E-state index < -0.39 is 0 Å². The van der Waals surface area contributed by atoms with Gasteiger partial charge in [-0.05, 0) is 53.8 Å². The third kappa shape index (κ3) is 4.86. The monoisotopic (exact) mass is 470 g/mol. The van der Waals surface area contributed by atoms with E-state index in [2.05, 4.69) is 52.0 Å². The Morgan fingerprint density at radius 2 is 1.36 bits per heavy atom. The van der Waals surface area contributed by atoms with Crippen molar-refractivity contribution in [1.82, 2.24) is 15.2 Å². The van der Waals surface area contributed by atoms with E-state index in [9.17, 15) is 4.79 Å². The molecule has 0 aliphatic rings. The molecular formula is C31H26N4O. The lowest BCUT2D eigenvalue weighted by Gasteiger charge is -2.11. The molecule has 0 unspecified atom stereocenters. The van der Waals surface area contributed by atoms with Crippen LogP contribution in [0.2, 0.25) is 0 Å². The van der Waals surface area contributed by atoms with Crippen molar-refractivity contribution in [2.75, 3.05) is 0 Å². The second kappa shape index (κ2) is 10.2. The topological polar surface area (TPSA) is 59.3 Å². The molecule has 0 spiro atoms. The van der Waals surface area contributed by atoms with Crippen LogP contribution < -0.4 is 5.43 Å². The number of hydrogen-bond donors (Lipinski definition) is 1. The Morgan fingerprint density at radius 3 is 2.08 bits per heavy atom. The molecule has 0 saturated carbocycles. The average Bonchev–Trinajstić information content (AvgIpc) is 3.36. The van der Waals surface area contributed by atoms with Crippen molar-refractivity contribution < 1.29 is 4.79 Å². The standard InChI is InChI=1S/C31H26N4O/c1-22-10-6-8-14-27(22)21-32-33-31(36)28-20-30(35(34-28)29-15-9-7-11-23(29)2)26-18-16-25(17-19-26)24-12-4-3-5-13-24/h3-21H,1-2H3,(H,33,36)/b32-21-. The maximum Gasteiger partial charge on any atom is 0.291 e. The highest BCUT2D eigenvalue weighted by atomic mass is 16.2. The normalized spacial score (nSPS) is 11.1. The molecule has 0 aliphatic heterocycles. The minimum atomic E-state index is -0.366. The van der Waals surface area contributed by atoms with Crippen LogP contribution in [0.25, 0.3) is 28.1 Å². The molecule has 0 saturated heterocycles. The van der Waals surface area contributed by atoms with Crippen molar-refractivity contribution in [1.29, 1.82) is 0 Å². The van der Waals surface area contributed by atoms with Gasteiger partial charge >= 0.3 is 0 Å². The lowest BCUT2D eigenvalue weighted by molar-refractivity contribution is 0.0949. The first-order valence-electron chi connectivity index (χ1n) is 11.8. The third-order valence-electron chi connectivity index (χ3n) is 6.13. The molecule has 5 rings (SSSR count). The van der Waals surface area contributed by atoms with Gasteiger partial charge in [-0.1, -0.05) is 97.1 Å². The van der Waals surface area contributed by atoms with Crippen molar-refractivity contribution in [2.45, 2.75) is 13.8 Å². The van der Waals surface area contributed by atoms with Gasteiger partial charge in [0.25, 0.3) is 5.91 Å². The van der Waals surface area contributed by atoms with E-state index in [0.29, 0.717) is 5.69 Å². The minimum Gasteiger partial charge on any atom is -0.265 e. The number of para-hydroxylation sites is 1. The van der Waals surface area contributed by atoms with Crippen molar-refractivity contribution in [3.8, 4) is 28.1 Å². The summed E-state index contributed by atoms with van der Waals surface area (Å²) >= 11 is 0. The van der Waals surface area contributed by atoms with Crippen LogP contribution in [0.1, 0.15) is 27.2 Å². The maximum absolute atomic E-state index is 13.0. The molecule has 0 bridgehead atoms. The fourth-order valence-corrected chi connectivity index (χ4v) is 4.10. The molecule has 36 heavy (non-hydrogen) atoms. The summed E-state index contributed by atoms with van der Waals surface area (Å²) in [6, 6.07) is 36.2. The maximum atomic E-state index is 13.0. The molecule has 5 aromatic rings. The highest BCUT2D eigenvalue weighted by Crippen LogP contribution is 2.28. The molecule has 4 aromatic carbocycles. The van der Waals surface area contributed by atoms with Crippen molar-refractivity contribution in [3.05, 3.63) is 132 Å². The van der Waals surface area contributed by atoms with Gasteiger partial charge in [0.05, 0.1) is 17.6 Å². The van der Waals surface area contributed by atoms with Crippen molar-refractivity contribution >= 4 is 12.1 Å². The van der Waals surface area contributed by atoms with Gasteiger partial charge in [0.2, 0.25) is 0 Å². The summed E-state index contributed by atoms with van der Waals surface area (Å²) in [7, 11) is 0. The molecule has 0 fully saturated rings. The molecule has 1 amide bonds. The zero-order chi connectivity index (χ0) is 24.9. The van der Waals surface area contributed by atoms with Crippen LogP contribution in [-0.4, -0.2) is 21.9 Å². The summed E-state index contributed by atoms with van der Waals surface area (Å²) < 4.78 is 1.83. The van der Waals surface area contributed by atoms with Gasteiger partial charge in [-0.25, -0.2) is 10.1 Å². The number of rotatable bonds is 6. The molecule has 1 aromatic heterocycles. The van der Waals surface area contributed by atoms with Crippen LogP contribution in [0.3, 0.4) is 0 Å². The Bertz CT molecular complexity index is 1530. The fourth-order valence-electron chi connectivity index (χ4n) is 4.10. The smallest absolute Gasteiger partial charge is 0.265 e. The van der Waals surface area contributed by atoms with Gasteiger partial charge in [-0.3, -0.25) is 4.79 Å². The number of nitrogens with zero attached hydrogens (tertiary/aromatic N) is 3. The first-order chi connectivity index (χ1) is 17.6. The predicted molar refractivity (Wildman–Crippen MR) is 145 cm³/mol. The zero-order valence-electron chi connectivity index (χ0n) is 20.2. The zero-order valence-corrected chi connectivity index (χ0v) is 20.2. The van der Waals surface area contributed by atoms with Gasteiger partial charge in [-0.2, -0.15) is 10.2 Å². The van der Waals surface area contributed by atoms with E-state index in [1.165, 1.54) is 0 Å². The Hall–Kier alpha value is -4.77. The number of carbonyl (C=O) groups is 1. The Morgan fingerprint density at radius 1 is 0.750 bits per heavy atom. The summed E-state index contributed by atoms with van der Waals surface area (Å²) in [4.78, 5) is 13.0. The van der Waals surface area contributed by atoms with Crippen molar-refractivity contribution in [2.24, 2.45) is 5.10 Å². The second-order valence-corrected chi connectivity index (χ2v) is 8.61. The summed E-state index contributed by atoms with van der Waals surface area (Å²) in [6.07, 6.45) is 1.65. The van der Waals surface area contributed by atoms with E-state index in [4.69, 9.17) is 0 Å². The molecule has 0 atom stereocenters. The van der Waals surface area contributed by atoms with E-state index in [1.807, 2.05) is 91.3 Å². The minimum absolute atomic E-state index is 0.294. The largest absolute Gasteiger partial charge is 0.291 e. The van der Waals surface area contributed by atoms with Gasteiger partial charge in [0.1, 0.15) is 0 Å². The number of hydrogen-bond acceptors (Lipinski definition) is 3. The fraction of sp³-hybridized carbons (Fsp3) is 0.0645. The number of amides is 1. The number of nitrogens with one attached hydrogen (secondary N) is 1. The number of aryl methyl sites for hydroxylation is 2. The summed E-state index contributed by atoms with van der Waals surface area (Å²) in [5, 5.41) is 8.82. The lowest BCUT2D eigenvalue weighted by Crippen LogP contribution is -2.18. The van der Waals surface area contributed by atoms with Crippen LogP contribution in [0.4, 0.5) is 0 Å². The van der Waals surface area contributed by atoms with Crippen LogP contribution in [0, 0.1) is 13.8 Å². The number of aromatic nitrogens is 2. The molecule has 1 N–H and O–H groups in total. The second-order valence-electron chi connectivity index (χ2n) is 8.61. The van der Waals surface area contributed by atoms with Crippen LogP contribution in [0.5, 0.6) is 0 Å². The Labute approximate surface area is 210 Å². The summed E-state index contributed by atoms with van der Waals surface area (Å²) in [5.74, 6) is -0.366. The number of carbonyl (C=O) groups excluding carboxylic acids is 1. The summed E-state index contributed by atoms with van der Waals surface area (Å²) in [5.41, 5.74) is 11.0. The van der Waals surface area contributed by atoms with Crippen molar-refractivity contribution in [3.63, 3.8) is 0 Å². The predicted octanol–water partition coefficient (Wildman–Crippen LogP) is 6.59. The van der Waals surface area contributed by atoms with Crippen LogP contribution in [-0.2, 0) is 0 Å². The summed E-state index contributed by atoms with van der Waals surface area (Å²) in [6.45, 7) is 4.04. The first-order valence-corrected chi connectivity index (χ1v) is 11.8. The molecule has 0 aliphatic carbocycles. The lowest BCUT2D eigenvalue weighted by atomic mass is 10.0. The van der Waals surface area contributed by atoms with E-state index in [1.54, 1.807) is 6.21 Å². The van der Waals surface area contributed by atoms with E-state index >= 15 is 0 Å². The Kier molecular flexibility index (Phi) is 6.54. The van der Waals surface area contributed by atoms with Gasteiger partial charge in [0.15, 0.2) is 5.69 Å². The molecule has 1 heterocycles.